The molecule has 154 valence electrons. The number of rotatable bonds is 5. The van der Waals surface area contributed by atoms with E-state index in [-0.39, 0.29) is 17.7 Å². The zero-order valence-electron chi connectivity index (χ0n) is 16.8. The zero-order chi connectivity index (χ0) is 20.2. The molecule has 8 heteroatoms. The Kier molecular flexibility index (Phi) is 6.08. The van der Waals surface area contributed by atoms with Gasteiger partial charge < -0.3 is 15.1 Å². The number of thiazole rings is 1. The van der Waals surface area contributed by atoms with Crippen LogP contribution >= 0.6 is 11.3 Å². The minimum Gasteiger partial charge on any atom is -0.352 e. The second kappa shape index (κ2) is 8.90. The molecule has 0 spiro atoms. The van der Waals surface area contributed by atoms with Gasteiger partial charge in [0.25, 0.3) is 0 Å². The largest absolute Gasteiger partial charge is 0.352 e. The Bertz CT molecular complexity index is 861. The van der Waals surface area contributed by atoms with Crippen LogP contribution in [0.2, 0.25) is 0 Å². The first-order chi connectivity index (χ1) is 14.1. The van der Waals surface area contributed by atoms with Gasteiger partial charge in [-0.25, -0.2) is 4.98 Å². The highest BCUT2D eigenvalue weighted by Gasteiger charge is 2.29. The van der Waals surface area contributed by atoms with Crippen molar-refractivity contribution in [3.8, 4) is 0 Å². The van der Waals surface area contributed by atoms with Gasteiger partial charge >= 0.3 is 0 Å². The maximum absolute atomic E-state index is 12.6. The van der Waals surface area contributed by atoms with E-state index in [1.54, 1.807) is 23.7 Å². The Balaban J connectivity index is 1.33. The number of piperazine rings is 1. The Morgan fingerprint density at radius 1 is 1.28 bits per heavy atom. The molecule has 1 aliphatic carbocycles. The van der Waals surface area contributed by atoms with E-state index in [2.05, 4.69) is 15.2 Å². The lowest BCUT2D eigenvalue weighted by atomic mass is 9.90. The van der Waals surface area contributed by atoms with Crippen LogP contribution < -0.4 is 10.2 Å². The predicted octanol–water partition coefficient (Wildman–Crippen LogP) is 2.02. The quantitative estimate of drug-likeness (QED) is 0.811. The van der Waals surface area contributed by atoms with Crippen LogP contribution in [-0.4, -0.2) is 52.9 Å². The van der Waals surface area contributed by atoms with Gasteiger partial charge in [-0.2, -0.15) is 0 Å². The second-order valence-electron chi connectivity index (χ2n) is 7.61. The van der Waals surface area contributed by atoms with Crippen molar-refractivity contribution in [2.24, 2.45) is 5.92 Å². The summed E-state index contributed by atoms with van der Waals surface area (Å²) in [5.41, 5.74) is 2.16. The van der Waals surface area contributed by atoms with E-state index in [1.165, 1.54) is 4.88 Å². The number of hydrogen-bond acceptors (Lipinski definition) is 6. The van der Waals surface area contributed by atoms with Crippen LogP contribution in [0.4, 0.5) is 5.13 Å². The van der Waals surface area contributed by atoms with E-state index in [0.29, 0.717) is 13.0 Å². The molecule has 1 fully saturated rings. The van der Waals surface area contributed by atoms with E-state index in [1.807, 2.05) is 24.0 Å². The van der Waals surface area contributed by atoms with Gasteiger partial charge in [-0.1, -0.05) is 13.0 Å². The molecule has 2 aliphatic rings. The van der Waals surface area contributed by atoms with Gasteiger partial charge in [-0.15, -0.1) is 11.3 Å². The van der Waals surface area contributed by atoms with E-state index < -0.39 is 0 Å². The van der Waals surface area contributed by atoms with Crippen LogP contribution in [0.3, 0.4) is 0 Å². The number of carbonyl (C=O) groups is 2. The van der Waals surface area contributed by atoms with Crippen molar-refractivity contribution in [2.45, 2.75) is 39.2 Å². The first-order valence-electron chi connectivity index (χ1n) is 10.3. The van der Waals surface area contributed by atoms with Crippen molar-refractivity contribution in [1.29, 1.82) is 0 Å². The summed E-state index contributed by atoms with van der Waals surface area (Å²) in [7, 11) is 0. The van der Waals surface area contributed by atoms with Crippen molar-refractivity contribution >= 4 is 28.3 Å². The fourth-order valence-electron chi connectivity index (χ4n) is 3.93. The highest BCUT2D eigenvalue weighted by atomic mass is 32.1. The van der Waals surface area contributed by atoms with Crippen molar-refractivity contribution in [2.75, 3.05) is 31.1 Å². The fraction of sp³-hybridized carbons (Fsp3) is 0.524. The lowest BCUT2D eigenvalue weighted by Gasteiger charge is -2.34. The SMILES string of the molecule is CCC(=O)N1CCN(c2nc3c(s2)C[C@@H](C(=O)NCc2cccnc2)CC3)CC1. The summed E-state index contributed by atoms with van der Waals surface area (Å²) in [6.45, 7) is 5.60. The topological polar surface area (TPSA) is 78.4 Å². The van der Waals surface area contributed by atoms with Crippen LogP contribution in [0.15, 0.2) is 24.5 Å². The Morgan fingerprint density at radius 3 is 2.83 bits per heavy atom. The molecular weight excluding hydrogens is 386 g/mol. The molecule has 0 saturated carbocycles. The highest BCUT2D eigenvalue weighted by Crippen LogP contribution is 2.34. The minimum atomic E-state index is 0.00601. The van der Waals surface area contributed by atoms with Crippen molar-refractivity contribution in [1.82, 2.24) is 20.2 Å². The van der Waals surface area contributed by atoms with Gasteiger partial charge in [0.2, 0.25) is 11.8 Å². The molecular formula is C21H27N5O2S. The third-order valence-corrected chi connectivity index (χ3v) is 6.87. The molecule has 3 heterocycles. The van der Waals surface area contributed by atoms with Gasteiger partial charge in [0, 0.05) is 62.3 Å². The van der Waals surface area contributed by atoms with Crippen LogP contribution in [0.25, 0.3) is 0 Å². The normalized spacial score (nSPS) is 19.0. The molecule has 0 radical (unpaired) electrons. The molecule has 0 aromatic carbocycles. The first kappa shape index (κ1) is 19.8. The smallest absolute Gasteiger partial charge is 0.223 e. The van der Waals surface area contributed by atoms with E-state index in [9.17, 15) is 9.59 Å². The number of amides is 2. The van der Waals surface area contributed by atoms with Crippen molar-refractivity contribution in [3.05, 3.63) is 40.7 Å². The number of anilines is 1. The summed E-state index contributed by atoms with van der Waals surface area (Å²) in [4.78, 5) is 38.9. The first-order valence-corrected chi connectivity index (χ1v) is 11.1. The van der Waals surface area contributed by atoms with E-state index in [4.69, 9.17) is 4.98 Å². The number of nitrogens with zero attached hydrogens (tertiary/aromatic N) is 4. The van der Waals surface area contributed by atoms with Crippen LogP contribution in [0.5, 0.6) is 0 Å². The lowest BCUT2D eigenvalue weighted by Crippen LogP contribution is -2.48. The van der Waals surface area contributed by atoms with E-state index >= 15 is 0 Å². The van der Waals surface area contributed by atoms with Gasteiger partial charge in [0.15, 0.2) is 5.13 Å². The number of hydrogen-bond donors (Lipinski definition) is 1. The second-order valence-corrected chi connectivity index (χ2v) is 8.67. The number of fused-ring (bicyclic) bond motifs is 1. The molecule has 2 aromatic rings. The number of carbonyl (C=O) groups excluding carboxylic acids is 2. The average molecular weight is 414 g/mol. The Morgan fingerprint density at radius 2 is 2.10 bits per heavy atom. The molecule has 2 aromatic heterocycles. The summed E-state index contributed by atoms with van der Waals surface area (Å²) in [5.74, 6) is 0.343. The molecule has 1 saturated heterocycles. The van der Waals surface area contributed by atoms with Gasteiger partial charge in [0.1, 0.15) is 0 Å². The van der Waals surface area contributed by atoms with Gasteiger partial charge in [-0.05, 0) is 30.9 Å². The third kappa shape index (κ3) is 4.58. The summed E-state index contributed by atoms with van der Waals surface area (Å²) in [5, 5.41) is 4.09. The van der Waals surface area contributed by atoms with Crippen LogP contribution in [-0.2, 0) is 29.0 Å². The molecule has 29 heavy (non-hydrogen) atoms. The molecule has 1 aliphatic heterocycles. The Labute approximate surface area is 175 Å². The van der Waals surface area contributed by atoms with Crippen molar-refractivity contribution in [3.63, 3.8) is 0 Å². The average Bonchev–Trinajstić information content (AvgIpc) is 3.21. The predicted molar refractivity (Wildman–Crippen MR) is 113 cm³/mol. The summed E-state index contributed by atoms with van der Waals surface area (Å²) < 4.78 is 0. The molecule has 4 rings (SSSR count). The number of pyridine rings is 1. The molecule has 2 amide bonds. The van der Waals surface area contributed by atoms with Gasteiger partial charge in [-0.3, -0.25) is 14.6 Å². The monoisotopic (exact) mass is 413 g/mol. The van der Waals surface area contributed by atoms with Gasteiger partial charge in [0.05, 0.1) is 5.69 Å². The zero-order valence-corrected chi connectivity index (χ0v) is 17.6. The van der Waals surface area contributed by atoms with Crippen LogP contribution in [0, 0.1) is 5.92 Å². The summed E-state index contributed by atoms with van der Waals surface area (Å²) in [6.07, 6.45) is 6.54. The molecule has 7 nitrogen and oxygen atoms in total. The molecule has 1 atom stereocenters. The molecule has 1 N–H and O–H groups in total. The van der Waals surface area contributed by atoms with E-state index in [0.717, 1.165) is 61.8 Å². The van der Waals surface area contributed by atoms with Crippen molar-refractivity contribution < 1.29 is 9.59 Å². The number of nitrogens with one attached hydrogen (secondary N) is 1. The maximum Gasteiger partial charge on any atom is 0.223 e. The number of aromatic nitrogens is 2. The molecule has 0 unspecified atom stereocenters. The fourth-order valence-corrected chi connectivity index (χ4v) is 5.17. The van der Waals surface area contributed by atoms with Crippen LogP contribution in [0.1, 0.15) is 35.9 Å². The standard InChI is InChI=1S/C21H27N5O2S/c1-2-19(27)25-8-10-26(11-9-25)21-24-17-6-5-16(12-18(17)29-21)20(28)23-14-15-4-3-7-22-13-15/h3-4,7,13,16H,2,5-6,8-12,14H2,1H3,(H,23,28)/t16-/m0/s1. The summed E-state index contributed by atoms with van der Waals surface area (Å²) in [6, 6.07) is 3.85. The third-order valence-electron chi connectivity index (χ3n) is 5.69. The Hall–Kier alpha value is -2.48. The summed E-state index contributed by atoms with van der Waals surface area (Å²) >= 11 is 1.71. The highest BCUT2D eigenvalue weighted by molar-refractivity contribution is 7.15. The molecule has 0 bridgehead atoms. The lowest BCUT2D eigenvalue weighted by molar-refractivity contribution is -0.131. The maximum atomic E-state index is 12.6. The minimum absolute atomic E-state index is 0.00601. The number of aryl methyl sites for hydroxylation is 1.